The molecule has 0 aromatic carbocycles. The molecule has 6 heteroatoms. The van der Waals surface area contributed by atoms with Crippen molar-refractivity contribution in [3.63, 3.8) is 0 Å². The van der Waals surface area contributed by atoms with E-state index in [1.54, 1.807) is 24.5 Å². The number of piperidine rings is 1. The molecule has 122 valence electrons. The minimum atomic E-state index is 0.0850. The highest BCUT2D eigenvalue weighted by atomic mass is 16.2. The molecule has 1 aliphatic rings. The van der Waals surface area contributed by atoms with Crippen molar-refractivity contribution in [2.24, 2.45) is 0 Å². The van der Waals surface area contributed by atoms with Gasteiger partial charge < -0.3 is 15.2 Å². The number of likely N-dealkylation sites (tertiary alicyclic amines) is 1. The maximum absolute atomic E-state index is 12.4. The second-order valence-corrected chi connectivity index (χ2v) is 6.06. The van der Waals surface area contributed by atoms with Crippen molar-refractivity contribution in [1.29, 1.82) is 0 Å². The monoisotopic (exact) mass is 321 g/mol. The SMILES string of the molecule is O=C(c1ccncc1)N1CCC(Nc2ccc3cc[nH]c3n2)CC1. The first kappa shape index (κ1) is 14.7. The van der Waals surface area contributed by atoms with Gasteiger partial charge in [0.2, 0.25) is 0 Å². The van der Waals surface area contributed by atoms with Crippen LogP contribution in [0.3, 0.4) is 0 Å². The molecular weight excluding hydrogens is 302 g/mol. The van der Waals surface area contributed by atoms with Crippen LogP contribution < -0.4 is 5.32 Å². The second-order valence-electron chi connectivity index (χ2n) is 6.06. The Morgan fingerprint density at radius 1 is 1.12 bits per heavy atom. The number of aromatic amines is 1. The van der Waals surface area contributed by atoms with E-state index < -0.39 is 0 Å². The molecule has 4 rings (SSSR count). The summed E-state index contributed by atoms with van der Waals surface area (Å²) in [6.45, 7) is 1.51. The van der Waals surface area contributed by atoms with Gasteiger partial charge in [-0.25, -0.2) is 4.98 Å². The molecule has 3 aromatic heterocycles. The van der Waals surface area contributed by atoms with E-state index in [0.29, 0.717) is 11.6 Å². The number of anilines is 1. The third-order valence-corrected chi connectivity index (χ3v) is 4.47. The topological polar surface area (TPSA) is 73.9 Å². The Morgan fingerprint density at radius 2 is 1.92 bits per heavy atom. The number of carbonyl (C=O) groups is 1. The summed E-state index contributed by atoms with van der Waals surface area (Å²) >= 11 is 0. The van der Waals surface area contributed by atoms with Crippen LogP contribution in [0.2, 0.25) is 0 Å². The third-order valence-electron chi connectivity index (χ3n) is 4.47. The van der Waals surface area contributed by atoms with Gasteiger partial charge in [-0.15, -0.1) is 0 Å². The van der Waals surface area contributed by atoms with E-state index in [4.69, 9.17) is 0 Å². The molecule has 0 unspecified atom stereocenters. The first-order valence-electron chi connectivity index (χ1n) is 8.19. The second kappa shape index (κ2) is 6.31. The molecule has 6 nitrogen and oxygen atoms in total. The number of rotatable bonds is 3. The number of nitrogens with zero attached hydrogens (tertiary/aromatic N) is 3. The van der Waals surface area contributed by atoms with Crippen molar-refractivity contribution < 1.29 is 4.79 Å². The number of carbonyl (C=O) groups excluding carboxylic acids is 1. The molecular formula is C18H19N5O. The Labute approximate surface area is 139 Å². The average Bonchev–Trinajstić information content (AvgIpc) is 3.10. The third kappa shape index (κ3) is 2.95. The average molecular weight is 321 g/mol. The van der Waals surface area contributed by atoms with Gasteiger partial charge in [0, 0.05) is 48.7 Å². The van der Waals surface area contributed by atoms with Crippen molar-refractivity contribution >= 4 is 22.8 Å². The summed E-state index contributed by atoms with van der Waals surface area (Å²) in [5, 5.41) is 4.59. The van der Waals surface area contributed by atoms with Gasteiger partial charge in [-0.1, -0.05) is 0 Å². The van der Waals surface area contributed by atoms with Crippen LogP contribution >= 0.6 is 0 Å². The Balaban J connectivity index is 1.36. The minimum absolute atomic E-state index is 0.0850. The number of H-pyrrole nitrogens is 1. The van der Waals surface area contributed by atoms with Crippen molar-refractivity contribution in [2.45, 2.75) is 18.9 Å². The van der Waals surface area contributed by atoms with Crippen molar-refractivity contribution in [1.82, 2.24) is 19.9 Å². The van der Waals surface area contributed by atoms with Crippen LogP contribution in [0.5, 0.6) is 0 Å². The molecule has 1 saturated heterocycles. The van der Waals surface area contributed by atoms with Crippen LogP contribution in [0.4, 0.5) is 5.82 Å². The lowest BCUT2D eigenvalue weighted by atomic mass is 10.0. The molecule has 0 atom stereocenters. The normalized spacial score (nSPS) is 15.6. The summed E-state index contributed by atoms with van der Waals surface area (Å²) in [7, 11) is 0. The maximum atomic E-state index is 12.4. The summed E-state index contributed by atoms with van der Waals surface area (Å²) < 4.78 is 0. The van der Waals surface area contributed by atoms with Gasteiger partial charge >= 0.3 is 0 Å². The van der Waals surface area contributed by atoms with Crippen LogP contribution in [0.25, 0.3) is 11.0 Å². The number of pyridine rings is 2. The van der Waals surface area contributed by atoms with Gasteiger partial charge in [-0.3, -0.25) is 9.78 Å². The Kier molecular flexibility index (Phi) is 3.86. The first-order valence-corrected chi connectivity index (χ1v) is 8.19. The lowest BCUT2D eigenvalue weighted by Gasteiger charge is -2.32. The smallest absolute Gasteiger partial charge is 0.253 e. The molecule has 1 aliphatic heterocycles. The van der Waals surface area contributed by atoms with E-state index >= 15 is 0 Å². The number of nitrogens with one attached hydrogen (secondary N) is 2. The highest BCUT2D eigenvalue weighted by Gasteiger charge is 2.23. The van der Waals surface area contributed by atoms with Crippen LogP contribution in [0.15, 0.2) is 48.9 Å². The zero-order chi connectivity index (χ0) is 16.4. The highest BCUT2D eigenvalue weighted by molar-refractivity contribution is 5.94. The lowest BCUT2D eigenvalue weighted by Crippen LogP contribution is -2.42. The van der Waals surface area contributed by atoms with E-state index in [1.165, 1.54) is 0 Å². The van der Waals surface area contributed by atoms with E-state index in [1.807, 2.05) is 23.2 Å². The predicted octanol–water partition coefficient (Wildman–Crippen LogP) is 2.67. The lowest BCUT2D eigenvalue weighted by molar-refractivity contribution is 0.0718. The summed E-state index contributed by atoms with van der Waals surface area (Å²) in [5.74, 6) is 0.964. The predicted molar refractivity (Wildman–Crippen MR) is 92.9 cm³/mol. The van der Waals surface area contributed by atoms with Crippen LogP contribution in [0, 0.1) is 0 Å². The Morgan fingerprint density at radius 3 is 2.71 bits per heavy atom. The van der Waals surface area contributed by atoms with Crippen molar-refractivity contribution in [2.75, 3.05) is 18.4 Å². The van der Waals surface area contributed by atoms with Crippen LogP contribution in [0.1, 0.15) is 23.2 Å². The summed E-state index contributed by atoms with van der Waals surface area (Å²) in [6.07, 6.45) is 7.04. The van der Waals surface area contributed by atoms with Gasteiger partial charge in [0.25, 0.3) is 5.91 Å². The number of hydrogen-bond acceptors (Lipinski definition) is 4. The van der Waals surface area contributed by atoms with Gasteiger partial charge in [0.1, 0.15) is 11.5 Å². The van der Waals surface area contributed by atoms with Gasteiger partial charge in [0.05, 0.1) is 0 Å². The fourth-order valence-electron chi connectivity index (χ4n) is 3.12. The van der Waals surface area contributed by atoms with Crippen LogP contribution in [-0.2, 0) is 0 Å². The fourth-order valence-corrected chi connectivity index (χ4v) is 3.12. The molecule has 4 heterocycles. The van der Waals surface area contributed by atoms with Gasteiger partial charge in [-0.05, 0) is 43.2 Å². The molecule has 0 radical (unpaired) electrons. The van der Waals surface area contributed by atoms with E-state index in [2.05, 4.69) is 26.3 Å². The standard InChI is InChI=1S/C18H19N5O/c24-18(14-3-8-19-9-4-14)23-11-6-15(7-12-23)21-16-2-1-13-5-10-20-17(13)22-16/h1-5,8-10,15H,6-7,11-12H2,(H2,20,21,22). The number of aromatic nitrogens is 3. The van der Waals surface area contributed by atoms with Crippen molar-refractivity contribution in [3.8, 4) is 0 Å². The van der Waals surface area contributed by atoms with E-state index in [-0.39, 0.29) is 5.91 Å². The Bertz CT molecular complexity index is 837. The van der Waals surface area contributed by atoms with Gasteiger partial charge in [-0.2, -0.15) is 0 Å². The molecule has 1 fully saturated rings. The summed E-state index contributed by atoms with van der Waals surface area (Å²) in [4.78, 5) is 26.0. The maximum Gasteiger partial charge on any atom is 0.253 e. The van der Waals surface area contributed by atoms with Crippen molar-refractivity contribution in [3.05, 3.63) is 54.5 Å². The van der Waals surface area contributed by atoms with E-state index in [0.717, 1.165) is 42.8 Å². The molecule has 0 saturated carbocycles. The molecule has 0 bridgehead atoms. The Hall–Kier alpha value is -2.89. The number of amides is 1. The molecule has 0 aliphatic carbocycles. The fraction of sp³-hybridized carbons (Fsp3) is 0.278. The molecule has 24 heavy (non-hydrogen) atoms. The number of hydrogen-bond donors (Lipinski definition) is 2. The zero-order valence-electron chi connectivity index (χ0n) is 13.3. The zero-order valence-corrected chi connectivity index (χ0v) is 13.3. The first-order chi connectivity index (χ1) is 11.8. The van der Waals surface area contributed by atoms with Gasteiger partial charge in [0.15, 0.2) is 0 Å². The molecule has 2 N–H and O–H groups in total. The van der Waals surface area contributed by atoms with E-state index in [9.17, 15) is 4.79 Å². The van der Waals surface area contributed by atoms with Crippen LogP contribution in [-0.4, -0.2) is 44.9 Å². The molecule has 1 amide bonds. The minimum Gasteiger partial charge on any atom is -0.367 e. The number of fused-ring (bicyclic) bond motifs is 1. The molecule has 3 aromatic rings. The summed E-state index contributed by atoms with van der Waals surface area (Å²) in [5.41, 5.74) is 1.60. The quantitative estimate of drug-likeness (QED) is 0.778. The highest BCUT2D eigenvalue weighted by Crippen LogP contribution is 2.19. The largest absolute Gasteiger partial charge is 0.367 e. The summed E-state index contributed by atoms with van der Waals surface area (Å²) in [6, 6.07) is 9.94. The molecule has 0 spiro atoms.